The molecule has 2 aromatic rings. The monoisotopic (exact) mass is 369 g/mol. The summed E-state index contributed by atoms with van der Waals surface area (Å²) in [7, 11) is 1.58. The van der Waals surface area contributed by atoms with Crippen LogP contribution in [0.1, 0.15) is 29.2 Å². The summed E-state index contributed by atoms with van der Waals surface area (Å²) < 4.78 is 6.78. The number of anilines is 1. The van der Waals surface area contributed by atoms with E-state index in [1.54, 1.807) is 41.0 Å². The third kappa shape index (κ3) is 3.51. The van der Waals surface area contributed by atoms with Gasteiger partial charge in [-0.25, -0.2) is 4.68 Å². The lowest BCUT2D eigenvalue weighted by atomic mass is 10.1. The number of benzene rings is 1. The van der Waals surface area contributed by atoms with Crippen molar-refractivity contribution < 1.29 is 14.3 Å². The van der Waals surface area contributed by atoms with Crippen LogP contribution in [-0.4, -0.2) is 46.7 Å². The zero-order chi connectivity index (χ0) is 19.6. The number of likely N-dealkylation sites (tertiary alicyclic amines) is 1. The van der Waals surface area contributed by atoms with Gasteiger partial charge in [0.15, 0.2) is 0 Å². The quantitative estimate of drug-likeness (QED) is 0.776. The second-order valence-electron chi connectivity index (χ2n) is 6.43. The molecule has 8 heteroatoms. The van der Waals surface area contributed by atoms with E-state index < -0.39 is 5.91 Å². The summed E-state index contributed by atoms with van der Waals surface area (Å²) in [5.74, 6) is 0.138. The van der Waals surface area contributed by atoms with E-state index in [0.29, 0.717) is 30.1 Å². The molecule has 0 aliphatic carbocycles. The van der Waals surface area contributed by atoms with E-state index in [1.165, 1.54) is 6.08 Å². The van der Waals surface area contributed by atoms with Gasteiger partial charge in [0.25, 0.3) is 5.91 Å². The number of primary amides is 1. The van der Waals surface area contributed by atoms with Crippen LogP contribution in [0.3, 0.4) is 0 Å². The summed E-state index contributed by atoms with van der Waals surface area (Å²) in [6.07, 6.45) is 2.91. The largest absolute Gasteiger partial charge is 0.497 e. The van der Waals surface area contributed by atoms with Crippen molar-refractivity contribution >= 4 is 17.6 Å². The Morgan fingerprint density at radius 1 is 1.33 bits per heavy atom. The summed E-state index contributed by atoms with van der Waals surface area (Å²) in [4.78, 5) is 25.7. The van der Waals surface area contributed by atoms with E-state index in [1.807, 2.05) is 0 Å². The molecule has 0 radical (unpaired) electrons. The van der Waals surface area contributed by atoms with Crippen molar-refractivity contribution in [1.82, 2.24) is 14.7 Å². The van der Waals surface area contributed by atoms with Gasteiger partial charge in [-0.15, -0.1) is 0 Å². The molecule has 1 fully saturated rings. The van der Waals surface area contributed by atoms with Crippen molar-refractivity contribution in [3.63, 3.8) is 0 Å². The highest BCUT2D eigenvalue weighted by Crippen LogP contribution is 2.32. The Morgan fingerprint density at radius 2 is 2.04 bits per heavy atom. The number of carbonyl (C=O) groups is 2. The highest BCUT2D eigenvalue weighted by Gasteiger charge is 2.29. The number of rotatable bonds is 5. The highest BCUT2D eigenvalue weighted by atomic mass is 16.5. The Balaban J connectivity index is 2.00. The molecule has 142 valence electrons. The first-order valence-corrected chi connectivity index (χ1v) is 8.69. The minimum Gasteiger partial charge on any atom is -0.497 e. The number of hydrogen-bond acceptors (Lipinski definition) is 5. The lowest BCUT2D eigenvalue weighted by molar-refractivity contribution is -0.127. The number of aromatic nitrogens is 2. The Bertz CT molecular complexity index is 872. The van der Waals surface area contributed by atoms with Crippen LogP contribution in [0.15, 0.2) is 36.9 Å². The Morgan fingerprint density at radius 3 is 2.63 bits per heavy atom. The summed E-state index contributed by atoms with van der Waals surface area (Å²) >= 11 is 0. The van der Waals surface area contributed by atoms with Crippen LogP contribution >= 0.6 is 0 Å². The minimum absolute atomic E-state index is 0.129. The number of amides is 2. The van der Waals surface area contributed by atoms with Gasteiger partial charge in [0.1, 0.15) is 22.8 Å². The number of hydrogen-bond donors (Lipinski definition) is 2. The second kappa shape index (κ2) is 7.53. The molecule has 1 atom stereocenters. The van der Waals surface area contributed by atoms with Gasteiger partial charge in [0.2, 0.25) is 5.91 Å². The summed E-state index contributed by atoms with van der Waals surface area (Å²) in [6.45, 7) is 4.66. The van der Waals surface area contributed by atoms with Crippen molar-refractivity contribution in [3.8, 4) is 17.0 Å². The zero-order valence-electron chi connectivity index (χ0n) is 15.2. The molecular formula is C19H23N5O3. The van der Waals surface area contributed by atoms with Crippen LogP contribution in [0.4, 0.5) is 5.82 Å². The van der Waals surface area contributed by atoms with Crippen LogP contribution in [0.5, 0.6) is 5.75 Å². The lowest BCUT2D eigenvalue weighted by Crippen LogP contribution is -2.40. The van der Waals surface area contributed by atoms with E-state index >= 15 is 0 Å². The number of nitrogens with zero attached hydrogens (tertiary/aromatic N) is 3. The molecule has 0 bridgehead atoms. The molecule has 0 spiro atoms. The minimum atomic E-state index is -0.639. The fraction of sp³-hybridized carbons (Fsp3) is 0.316. The molecule has 27 heavy (non-hydrogen) atoms. The molecule has 1 aromatic heterocycles. The molecule has 1 saturated heterocycles. The zero-order valence-corrected chi connectivity index (χ0v) is 15.2. The summed E-state index contributed by atoms with van der Waals surface area (Å²) in [6, 6.07) is 7.02. The van der Waals surface area contributed by atoms with E-state index in [9.17, 15) is 9.59 Å². The number of piperidine rings is 1. The van der Waals surface area contributed by atoms with E-state index in [0.717, 1.165) is 12.8 Å². The predicted octanol–water partition coefficient (Wildman–Crippen LogP) is 1.59. The molecule has 2 heterocycles. The first-order valence-electron chi connectivity index (χ1n) is 8.69. The van der Waals surface area contributed by atoms with Gasteiger partial charge < -0.3 is 21.1 Å². The molecule has 4 N–H and O–H groups in total. The summed E-state index contributed by atoms with van der Waals surface area (Å²) in [5.41, 5.74) is 13.1. The van der Waals surface area contributed by atoms with Crippen LogP contribution in [0.2, 0.25) is 0 Å². The van der Waals surface area contributed by atoms with Gasteiger partial charge in [-0.05, 0) is 43.2 Å². The van der Waals surface area contributed by atoms with Crippen molar-refractivity contribution in [2.75, 3.05) is 25.9 Å². The average molecular weight is 369 g/mol. The Kier molecular flexibility index (Phi) is 5.16. The van der Waals surface area contributed by atoms with Crippen molar-refractivity contribution in [1.29, 1.82) is 0 Å². The topological polar surface area (TPSA) is 116 Å². The number of nitrogen functional groups attached to an aromatic ring is 1. The number of nitrogens with two attached hydrogens (primary N) is 2. The van der Waals surface area contributed by atoms with Gasteiger partial charge in [-0.3, -0.25) is 9.59 Å². The van der Waals surface area contributed by atoms with Crippen molar-refractivity contribution in [2.45, 2.75) is 18.9 Å². The molecule has 2 amide bonds. The first kappa shape index (κ1) is 18.5. The number of carbonyl (C=O) groups excluding carboxylic acids is 2. The van der Waals surface area contributed by atoms with E-state index in [4.69, 9.17) is 16.2 Å². The SMILES string of the molecule is C=CC(=O)N1CCC[C@@H](n2nc(-c3ccc(OC)cc3)c(C(N)=O)c2N)C1. The van der Waals surface area contributed by atoms with Crippen LogP contribution in [0.25, 0.3) is 11.3 Å². The molecule has 0 unspecified atom stereocenters. The normalized spacial score (nSPS) is 16.8. The first-order chi connectivity index (χ1) is 13.0. The fourth-order valence-corrected chi connectivity index (χ4v) is 3.40. The standard InChI is InChI=1S/C19H23N5O3/c1-3-15(25)23-10-4-5-13(11-23)24-18(20)16(19(21)26)17(22-24)12-6-8-14(27-2)9-7-12/h3,6-9,13H,1,4-5,10-11,20H2,2H3,(H2,21,26)/t13-/m1/s1. The second-order valence-corrected chi connectivity index (χ2v) is 6.43. The van der Waals surface area contributed by atoms with Crippen LogP contribution < -0.4 is 16.2 Å². The molecule has 1 aromatic carbocycles. The van der Waals surface area contributed by atoms with Crippen molar-refractivity contribution in [3.05, 3.63) is 42.5 Å². The van der Waals surface area contributed by atoms with E-state index in [-0.39, 0.29) is 23.3 Å². The Labute approximate surface area is 157 Å². The van der Waals surface area contributed by atoms with Gasteiger partial charge >= 0.3 is 0 Å². The highest BCUT2D eigenvalue weighted by molar-refractivity contribution is 6.03. The van der Waals surface area contributed by atoms with Crippen LogP contribution in [-0.2, 0) is 4.79 Å². The molecule has 1 aliphatic heterocycles. The molecule has 0 saturated carbocycles. The van der Waals surface area contributed by atoms with Gasteiger partial charge in [-0.1, -0.05) is 6.58 Å². The maximum Gasteiger partial charge on any atom is 0.254 e. The van der Waals surface area contributed by atoms with Crippen LogP contribution in [0, 0.1) is 0 Å². The van der Waals surface area contributed by atoms with Gasteiger partial charge in [0.05, 0.1) is 13.2 Å². The van der Waals surface area contributed by atoms with Gasteiger partial charge in [0, 0.05) is 18.7 Å². The third-order valence-corrected chi connectivity index (χ3v) is 4.79. The smallest absolute Gasteiger partial charge is 0.254 e. The fourth-order valence-electron chi connectivity index (χ4n) is 3.40. The third-order valence-electron chi connectivity index (χ3n) is 4.79. The molecule has 1 aliphatic rings. The predicted molar refractivity (Wildman–Crippen MR) is 102 cm³/mol. The van der Waals surface area contributed by atoms with Crippen molar-refractivity contribution in [2.24, 2.45) is 5.73 Å². The lowest BCUT2D eigenvalue weighted by Gasteiger charge is -2.32. The van der Waals surface area contributed by atoms with Gasteiger partial charge in [-0.2, -0.15) is 5.10 Å². The number of methoxy groups -OCH3 is 1. The molecular weight excluding hydrogens is 346 g/mol. The molecule has 8 nitrogen and oxygen atoms in total. The molecule has 3 rings (SSSR count). The Hall–Kier alpha value is -3.29. The maximum atomic E-state index is 12.0. The van der Waals surface area contributed by atoms with E-state index in [2.05, 4.69) is 11.7 Å². The number of ether oxygens (including phenoxy) is 1. The summed E-state index contributed by atoms with van der Waals surface area (Å²) in [5, 5.41) is 4.59. The average Bonchev–Trinajstić information content (AvgIpc) is 3.05. The maximum absolute atomic E-state index is 12.0.